The lowest BCUT2D eigenvalue weighted by Gasteiger charge is -2.69. The molecule has 0 saturated heterocycles. The van der Waals surface area contributed by atoms with Crippen LogP contribution in [0.1, 0.15) is 99.6 Å². The van der Waals surface area contributed by atoms with E-state index in [9.17, 15) is 9.59 Å². The highest BCUT2D eigenvalue weighted by Gasteiger charge is 2.66. The van der Waals surface area contributed by atoms with E-state index in [0.29, 0.717) is 0 Å². The molecular weight excluding hydrogens is 597 g/mol. The summed E-state index contributed by atoms with van der Waals surface area (Å²) in [5, 5.41) is 4.70. The quantitative estimate of drug-likeness (QED) is 0.308. The van der Waals surface area contributed by atoms with Crippen molar-refractivity contribution in [2.45, 2.75) is 124 Å². The maximum absolute atomic E-state index is 13.0. The summed E-state index contributed by atoms with van der Waals surface area (Å²) < 4.78 is 21.2. The van der Waals surface area contributed by atoms with Crippen molar-refractivity contribution in [3.8, 4) is 0 Å². The minimum Gasteiger partial charge on any atom is -0.443 e. The molecule has 4 aliphatic rings. The Hall–Kier alpha value is -1.36. The predicted octanol–water partition coefficient (Wildman–Crippen LogP) is 7.10. The van der Waals surface area contributed by atoms with E-state index in [0.717, 1.165) is 30.7 Å². The Morgan fingerprint density at radius 2 is 1.47 bits per heavy atom. The molecule has 1 heterocycles. The Morgan fingerprint density at radius 3 is 1.92 bits per heavy atom. The van der Waals surface area contributed by atoms with E-state index in [1.54, 1.807) is 41.5 Å². The van der Waals surface area contributed by atoms with E-state index in [-0.39, 0.29) is 35.0 Å². The summed E-state index contributed by atoms with van der Waals surface area (Å²) in [4.78, 5) is 27.0. The average Bonchev–Trinajstić information content (AvgIpc) is 2.97. The smallest absolute Gasteiger partial charge is 0.419 e. The molecule has 2 amide bonds. The largest absolute Gasteiger partial charge is 0.443 e. The Labute approximate surface area is 241 Å². The summed E-state index contributed by atoms with van der Waals surface area (Å²) >= 11 is 2.36. The van der Waals surface area contributed by atoms with E-state index >= 15 is 0 Å². The zero-order valence-corrected chi connectivity index (χ0v) is 26.9. The third kappa shape index (κ3) is 6.50. The lowest BCUT2D eigenvalue weighted by molar-refractivity contribution is -0.248. The molecule has 8 nitrogen and oxygen atoms in total. The first-order valence-electron chi connectivity index (χ1n) is 13.8. The van der Waals surface area contributed by atoms with Gasteiger partial charge in [-0.25, -0.2) is 14.5 Å². The lowest BCUT2D eigenvalue weighted by atomic mass is 9.39. The fourth-order valence-corrected chi connectivity index (χ4v) is 8.70. The number of rotatable bonds is 6. The zero-order valence-electron chi connectivity index (χ0n) is 24.7. The van der Waals surface area contributed by atoms with Crippen LogP contribution in [0.5, 0.6) is 0 Å². The molecule has 0 N–H and O–H groups in total. The number of nitrogens with zero attached hydrogens (tertiary/aromatic N) is 3. The van der Waals surface area contributed by atoms with Gasteiger partial charge in [-0.3, -0.25) is 4.68 Å². The van der Waals surface area contributed by atoms with Crippen molar-refractivity contribution < 1.29 is 23.8 Å². The third-order valence-corrected chi connectivity index (χ3v) is 9.19. The van der Waals surface area contributed by atoms with Crippen LogP contribution in [0.2, 0.25) is 0 Å². The van der Waals surface area contributed by atoms with Crippen LogP contribution < -0.4 is 0 Å². The van der Waals surface area contributed by atoms with E-state index in [2.05, 4.69) is 48.0 Å². The highest BCUT2D eigenvalue weighted by Crippen LogP contribution is 2.72. The van der Waals surface area contributed by atoms with Gasteiger partial charge >= 0.3 is 12.2 Å². The first kappa shape index (κ1) is 29.6. The second-order valence-electron chi connectivity index (χ2n) is 15.1. The lowest BCUT2D eigenvalue weighted by Crippen LogP contribution is -2.64. The molecule has 2 unspecified atom stereocenters. The van der Waals surface area contributed by atoms with Crippen LogP contribution in [-0.4, -0.2) is 56.8 Å². The summed E-state index contributed by atoms with van der Waals surface area (Å²) in [6.07, 6.45) is 7.09. The number of aromatic nitrogens is 2. The Bertz CT molecular complexity index is 1040. The van der Waals surface area contributed by atoms with E-state index in [4.69, 9.17) is 19.3 Å². The molecule has 5 rings (SSSR count). The summed E-state index contributed by atoms with van der Waals surface area (Å²) in [5.41, 5.74) is 0.0129. The molecule has 0 spiro atoms. The summed E-state index contributed by atoms with van der Waals surface area (Å²) in [7, 11) is 0. The standard InChI is InChI=1S/C29H46IN3O5/c1-20-21(30)12-31-33(20)19-28-14-26(8)13-27(9,15-28)17-29(16-26,18-28)36-11-10-32(22(34)37-24(2,3)4)23(35)38-25(5,6)7/h12H,10-11,13-19H2,1-9H3. The van der Waals surface area contributed by atoms with Gasteiger partial charge in [0.05, 0.1) is 28.5 Å². The first-order valence-corrected chi connectivity index (χ1v) is 14.9. The van der Waals surface area contributed by atoms with Gasteiger partial charge in [0.2, 0.25) is 0 Å². The Kier molecular flexibility index (Phi) is 7.51. The third-order valence-electron chi connectivity index (χ3n) is 8.13. The van der Waals surface area contributed by atoms with Crippen LogP contribution >= 0.6 is 22.6 Å². The predicted molar refractivity (Wildman–Crippen MR) is 154 cm³/mol. The van der Waals surface area contributed by atoms with Crippen LogP contribution in [0, 0.1) is 26.7 Å². The fourth-order valence-electron chi connectivity index (χ4n) is 8.30. The molecule has 214 valence electrons. The number of amides is 2. The van der Waals surface area contributed by atoms with Crippen molar-refractivity contribution in [2.75, 3.05) is 13.2 Å². The molecule has 0 aliphatic heterocycles. The number of imide groups is 1. The molecule has 1 aromatic heterocycles. The van der Waals surface area contributed by atoms with Crippen molar-refractivity contribution in [3.05, 3.63) is 15.5 Å². The molecule has 4 saturated carbocycles. The second kappa shape index (κ2) is 9.63. The highest BCUT2D eigenvalue weighted by molar-refractivity contribution is 14.1. The Morgan fingerprint density at radius 1 is 0.947 bits per heavy atom. The van der Waals surface area contributed by atoms with Crippen molar-refractivity contribution in [2.24, 2.45) is 16.2 Å². The van der Waals surface area contributed by atoms with Gasteiger partial charge in [0, 0.05) is 12.2 Å². The summed E-state index contributed by atoms with van der Waals surface area (Å²) in [5.74, 6) is 0. The van der Waals surface area contributed by atoms with Gasteiger partial charge in [0.1, 0.15) is 11.2 Å². The second-order valence-corrected chi connectivity index (χ2v) is 16.2. The van der Waals surface area contributed by atoms with Gasteiger partial charge < -0.3 is 14.2 Å². The number of hydrogen-bond acceptors (Lipinski definition) is 6. The summed E-state index contributed by atoms with van der Waals surface area (Å²) in [6, 6.07) is 0. The number of ether oxygens (including phenoxy) is 3. The van der Waals surface area contributed by atoms with Crippen LogP contribution in [0.3, 0.4) is 0 Å². The zero-order chi connectivity index (χ0) is 28.4. The van der Waals surface area contributed by atoms with Gasteiger partial charge in [-0.2, -0.15) is 5.10 Å². The SMILES string of the molecule is Cc1c(I)cnn1CC12CC3(C)CC(C)(C1)CC(OCCN(C(=O)OC(C)(C)C)C(=O)OC(C)(C)C)(C3)C2. The number of carbonyl (C=O) groups is 2. The fraction of sp³-hybridized carbons (Fsp3) is 0.828. The molecule has 0 radical (unpaired) electrons. The van der Waals surface area contributed by atoms with Crippen molar-refractivity contribution in [1.82, 2.24) is 14.7 Å². The molecule has 4 fully saturated rings. The minimum absolute atomic E-state index is 0.0858. The average molecular weight is 644 g/mol. The van der Waals surface area contributed by atoms with Crippen LogP contribution in [-0.2, 0) is 20.8 Å². The topological polar surface area (TPSA) is 82.9 Å². The molecule has 4 bridgehead atoms. The van der Waals surface area contributed by atoms with Gasteiger partial charge in [-0.05, 0) is 126 Å². The molecule has 4 aliphatic carbocycles. The number of halogens is 1. The van der Waals surface area contributed by atoms with Gasteiger partial charge in [0.25, 0.3) is 0 Å². The van der Waals surface area contributed by atoms with Crippen molar-refractivity contribution >= 4 is 34.8 Å². The first-order chi connectivity index (χ1) is 17.2. The summed E-state index contributed by atoms with van der Waals surface area (Å²) in [6.45, 7) is 18.9. The molecule has 38 heavy (non-hydrogen) atoms. The number of hydrogen-bond donors (Lipinski definition) is 0. The maximum atomic E-state index is 13.0. The molecule has 9 heteroatoms. The van der Waals surface area contributed by atoms with Crippen LogP contribution in [0.25, 0.3) is 0 Å². The van der Waals surface area contributed by atoms with Crippen LogP contribution in [0.4, 0.5) is 9.59 Å². The van der Waals surface area contributed by atoms with Crippen LogP contribution in [0.15, 0.2) is 6.20 Å². The molecular formula is C29H46IN3O5. The van der Waals surface area contributed by atoms with Gasteiger partial charge in [-0.1, -0.05) is 13.8 Å². The van der Waals surface area contributed by atoms with E-state index in [1.165, 1.54) is 28.5 Å². The minimum atomic E-state index is -0.726. The number of carbonyl (C=O) groups excluding carboxylic acids is 2. The molecule has 0 aromatic carbocycles. The van der Waals surface area contributed by atoms with E-state index < -0.39 is 23.4 Å². The molecule has 1 aromatic rings. The van der Waals surface area contributed by atoms with Gasteiger partial charge in [0.15, 0.2) is 0 Å². The highest BCUT2D eigenvalue weighted by atomic mass is 127. The monoisotopic (exact) mass is 643 g/mol. The Balaban J connectivity index is 1.52. The van der Waals surface area contributed by atoms with Crippen molar-refractivity contribution in [3.63, 3.8) is 0 Å². The van der Waals surface area contributed by atoms with E-state index in [1.807, 2.05) is 6.20 Å². The molecule has 2 atom stereocenters. The normalized spacial score (nSPS) is 32.4. The van der Waals surface area contributed by atoms with Crippen molar-refractivity contribution in [1.29, 1.82) is 0 Å². The maximum Gasteiger partial charge on any atom is 0.419 e. The van der Waals surface area contributed by atoms with Gasteiger partial charge in [-0.15, -0.1) is 0 Å².